The Morgan fingerprint density at radius 1 is 1.15 bits per heavy atom. The van der Waals surface area contributed by atoms with E-state index in [-0.39, 0.29) is 12.2 Å². The van der Waals surface area contributed by atoms with Gasteiger partial charge in [0.05, 0.1) is 5.75 Å². The van der Waals surface area contributed by atoms with Gasteiger partial charge >= 0.3 is 0 Å². The van der Waals surface area contributed by atoms with Crippen LogP contribution in [-0.2, 0) is 14.8 Å². The predicted molar refractivity (Wildman–Crippen MR) is 49.9 cm³/mol. The van der Waals surface area contributed by atoms with E-state index in [4.69, 9.17) is 0 Å². The number of carbonyl (C=O) groups excluding carboxylic acids is 1. The molecule has 76 valence electrons. The quantitative estimate of drug-likeness (QED) is 0.624. The minimum Gasteiger partial charge on any atom is -0.303 e. The Bertz CT molecular complexity index is 255. The maximum atomic E-state index is 11.5. The van der Waals surface area contributed by atoms with Crippen LogP contribution in [0.4, 0.5) is 0 Å². The zero-order valence-electron chi connectivity index (χ0n) is 7.61. The van der Waals surface area contributed by atoms with Gasteiger partial charge in [-0.2, -0.15) is 0 Å². The van der Waals surface area contributed by atoms with Crippen molar-refractivity contribution in [1.29, 1.82) is 0 Å². The van der Waals surface area contributed by atoms with Crippen LogP contribution >= 0.6 is 0 Å². The first kappa shape index (κ1) is 10.7. The van der Waals surface area contributed by atoms with Crippen molar-refractivity contribution in [3.05, 3.63) is 0 Å². The lowest BCUT2D eigenvalue weighted by atomic mass is 10.2. The lowest BCUT2D eigenvalue weighted by Crippen LogP contribution is -2.37. The SMILES string of the molecule is O=CCCS(=O)(=O)N1CCCCC1. The molecule has 0 bridgehead atoms. The van der Waals surface area contributed by atoms with Gasteiger partial charge in [0.2, 0.25) is 10.0 Å². The number of rotatable bonds is 4. The largest absolute Gasteiger partial charge is 0.303 e. The molecule has 0 saturated carbocycles. The van der Waals surface area contributed by atoms with Crippen LogP contribution in [0.15, 0.2) is 0 Å². The van der Waals surface area contributed by atoms with Crippen molar-refractivity contribution in [1.82, 2.24) is 4.31 Å². The summed E-state index contributed by atoms with van der Waals surface area (Å²) in [4.78, 5) is 10.1. The van der Waals surface area contributed by atoms with Crippen molar-refractivity contribution in [3.8, 4) is 0 Å². The first-order valence-corrected chi connectivity index (χ1v) is 6.19. The van der Waals surface area contributed by atoms with Gasteiger partial charge in [-0.15, -0.1) is 0 Å². The highest BCUT2D eigenvalue weighted by Crippen LogP contribution is 2.13. The standard InChI is InChI=1S/C8H15NO3S/c10-7-4-8-13(11,12)9-5-2-1-3-6-9/h7H,1-6,8H2. The maximum absolute atomic E-state index is 11.5. The second-order valence-electron chi connectivity index (χ2n) is 3.23. The second-order valence-corrected chi connectivity index (χ2v) is 5.32. The first-order valence-electron chi connectivity index (χ1n) is 4.58. The number of hydrogen-bond acceptors (Lipinski definition) is 3. The lowest BCUT2D eigenvalue weighted by Gasteiger charge is -2.25. The Morgan fingerprint density at radius 3 is 2.31 bits per heavy atom. The molecule has 0 N–H and O–H groups in total. The number of sulfonamides is 1. The fourth-order valence-corrected chi connectivity index (χ4v) is 2.94. The number of carbonyl (C=O) groups is 1. The molecule has 0 spiro atoms. The maximum Gasteiger partial charge on any atom is 0.214 e. The number of aldehydes is 1. The van der Waals surface area contributed by atoms with Gasteiger partial charge in [-0.3, -0.25) is 0 Å². The van der Waals surface area contributed by atoms with Crippen molar-refractivity contribution in [2.75, 3.05) is 18.8 Å². The molecule has 5 heteroatoms. The van der Waals surface area contributed by atoms with Gasteiger partial charge in [-0.25, -0.2) is 12.7 Å². The summed E-state index contributed by atoms with van der Waals surface area (Å²) in [6.07, 6.45) is 3.76. The molecule has 13 heavy (non-hydrogen) atoms. The molecule has 0 aromatic heterocycles. The fraction of sp³-hybridized carbons (Fsp3) is 0.875. The van der Waals surface area contributed by atoms with Crippen molar-refractivity contribution in [3.63, 3.8) is 0 Å². The molecular weight excluding hydrogens is 190 g/mol. The van der Waals surface area contributed by atoms with E-state index < -0.39 is 10.0 Å². The van der Waals surface area contributed by atoms with Gasteiger partial charge in [0, 0.05) is 19.5 Å². The van der Waals surface area contributed by atoms with E-state index in [1.54, 1.807) is 0 Å². The van der Waals surface area contributed by atoms with Gasteiger partial charge < -0.3 is 4.79 Å². The molecule has 1 aliphatic rings. The highest BCUT2D eigenvalue weighted by atomic mass is 32.2. The van der Waals surface area contributed by atoms with Crippen molar-refractivity contribution in [2.45, 2.75) is 25.7 Å². The topological polar surface area (TPSA) is 54.5 Å². The molecule has 1 saturated heterocycles. The van der Waals surface area contributed by atoms with E-state index in [9.17, 15) is 13.2 Å². The zero-order valence-corrected chi connectivity index (χ0v) is 8.42. The van der Waals surface area contributed by atoms with Crippen molar-refractivity contribution < 1.29 is 13.2 Å². The highest BCUT2D eigenvalue weighted by molar-refractivity contribution is 7.89. The summed E-state index contributed by atoms with van der Waals surface area (Å²) in [6.45, 7) is 1.25. The van der Waals surface area contributed by atoms with Gasteiger partial charge in [0.25, 0.3) is 0 Å². The van der Waals surface area contributed by atoms with Crippen LogP contribution in [0.2, 0.25) is 0 Å². The summed E-state index contributed by atoms with van der Waals surface area (Å²) < 4.78 is 24.5. The minimum atomic E-state index is -3.14. The summed E-state index contributed by atoms with van der Waals surface area (Å²) in [6, 6.07) is 0. The van der Waals surface area contributed by atoms with E-state index in [0.717, 1.165) is 19.3 Å². The molecule has 0 unspecified atom stereocenters. The molecule has 0 radical (unpaired) electrons. The summed E-state index contributed by atoms with van der Waals surface area (Å²) in [5.74, 6) is -0.0313. The molecular formula is C8H15NO3S. The smallest absolute Gasteiger partial charge is 0.214 e. The first-order chi connectivity index (χ1) is 6.17. The average Bonchev–Trinajstić information content (AvgIpc) is 2.16. The Kier molecular flexibility index (Phi) is 3.87. The third-order valence-corrected chi connectivity index (χ3v) is 4.11. The Morgan fingerprint density at radius 2 is 1.77 bits per heavy atom. The van der Waals surface area contributed by atoms with Crippen LogP contribution < -0.4 is 0 Å². The molecule has 4 nitrogen and oxygen atoms in total. The fourth-order valence-electron chi connectivity index (χ4n) is 1.47. The van der Waals surface area contributed by atoms with Gasteiger partial charge in [0.15, 0.2) is 0 Å². The average molecular weight is 205 g/mol. The van der Waals surface area contributed by atoms with Crippen LogP contribution in [0.1, 0.15) is 25.7 Å². The molecule has 0 atom stereocenters. The second kappa shape index (κ2) is 4.72. The molecule has 1 heterocycles. The lowest BCUT2D eigenvalue weighted by molar-refractivity contribution is -0.107. The Labute approximate surface area is 79.0 Å². The molecule has 1 aliphatic heterocycles. The van der Waals surface area contributed by atoms with Gasteiger partial charge in [-0.05, 0) is 12.8 Å². The molecule has 0 aromatic carbocycles. The van der Waals surface area contributed by atoms with Gasteiger partial charge in [0.1, 0.15) is 6.29 Å². The van der Waals surface area contributed by atoms with E-state index in [0.29, 0.717) is 19.4 Å². The zero-order chi connectivity index (χ0) is 9.73. The summed E-state index contributed by atoms with van der Waals surface area (Å²) in [5, 5.41) is 0. The van der Waals surface area contributed by atoms with Crippen LogP contribution in [0.5, 0.6) is 0 Å². The molecule has 1 rings (SSSR count). The normalized spacial score (nSPS) is 20.0. The number of hydrogen-bond donors (Lipinski definition) is 0. The molecule has 0 aromatic rings. The molecule has 0 aliphatic carbocycles. The minimum absolute atomic E-state index is 0.0313. The van der Waals surface area contributed by atoms with E-state index in [1.807, 2.05) is 0 Å². The monoisotopic (exact) mass is 205 g/mol. The van der Waals surface area contributed by atoms with Crippen LogP contribution in [0.3, 0.4) is 0 Å². The Hall–Kier alpha value is -0.420. The highest BCUT2D eigenvalue weighted by Gasteiger charge is 2.22. The van der Waals surface area contributed by atoms with Gasteiger partial charge in [-0.1, -0.05) is 6.42 Å². The van der Waals surface area contributed by atoms with Crippen LogP contribution in [0.25, 0.3) is 0 Å². The van der Waals surface area contributed by atoms with Crippen LogP contribution in [0, 0.1) is 0 Å². The molecule has 1 fully saturated rings. The summed E-state index contributed by atoms with van der Waals surface area (Å²) >= 11 is 0. The third-order valence-electron chi connectivity index (χ3n) is 2.20. The van der Waals surface area contributed by atoms with Crippen molar-refractivity contribution >= 4 is 16.3 Å². The van der Waals surface area contributed by atoms with E-state index >= 15 is 0 Å². The summed E-state index contributed by atoms with van der Waals surface area (Å²) in [7, 11) is -3.14. The van der Waals surface area contributed by atoms with Crippen LogP contribution in [-0.4, -0.2) is 37.9 Å². The van der Waals surface area contributed by atoms with E-state index in [1.165, 1.54) is 4.31 Å². The van der Waals surface area contributed by atoms with E-state index in [2.05, 4.69) is 0 Å². The Balaban J connectivity index is 2.51. The molecule has 0 amide bonds. The predicted octanol–water partition coefficient (Wildman–Crippen LogP) is 0.391. The number of nitrogens with zero attached hydrogens (tertiary/aromatic N) is 1. The summed E-state index contributed by atoms with van der Waals surface area (Å²) in [5.41, 5.74) is 0. The third kappa shape index (κ3) is 3.08. The van der Waals surface area contributed by atoms with Crippen molar-refractivity contribution in [2.24, 2.45) is 0 Å². The number of piperidine rings is 1.